The van der Waals surface area contributed by atoms with Gasteiger partial charge in [-0.05, 0) is 20.8 Å². The summed E-state index contributed by atoms with van der Waals surface area (Å²) in [5.74, 6) is -2.12. The predicted octanol–water partition coefficient (Wildman–Crippen LogP) is 1.06. The lowest BCUT2D eigenvalue weighted by Crippen LogP contribution is -2.29. The van der Waals surface area contributed by atoms with E-state index in [1.54, 1.807) is 0 Å². The lowest BCUT2D eigenvalue weighted by molar-refractivity contribution is -0.172. The fourth-order valence-corrected chi connectivity index (χ4v) is 0.905. The molecule has 0 aliphatic rings. The van der Waals surface area contributed by atoms with Crippen LogP contribution in [0.2, 0.25) is 0 Å². The Bertz CT molecular complexity index is 334. The van der Waals surface area contributed by atoms with Crippen LogP contribution in [0.25, 0.3) is 0 Å². The number of hydrogen-bond donors (Lipinski definition) is 3. The van der Waals surface area contributed by atoms with Crippen molar-refractivity contribution in [2.75, 3.05) is 6.61 Å². The van der Waals surface area contributed by atoms with Gasteiger partial charge in [0, 0.05) is 0 Å². The van der Waals surface area contributed by atoms with Gasteiger partial charge in [0.15, 0.2) is 6.61 Å². The zero-order valence-electron chi connectivity index (χ0n) is 11.2. The lowest BCUT2D eigenvalue weighted by atomic mass is 10.4. The van der Waals surface area contributed by atoms with Crippen molar-refractivity contribution in [1.82, 2.24) is 0 Å². The third kappa shape index (κ3) is 7.91. The number of ether oxygens (including phenoxy) is 3. The first-order valence-corrected chi connectivity index (χ1v) is 7.20. The summed E-state index contributed by atoms with van der Waals surface area (Å²) in [5, 5.41) is -2.11. The zero-order valence-corrected chi connectivity index (χ0v) is 13.9. The van der Waals surface area contributed by atoms with Gasteiger partial charge in [-0.3, -0.25) is 14.4 Å². The maximum atomic E-state index is 11.4. The molecule has 0 rings (SSSR count). The summed E-state index contributed by atoms with van der Waals surface area (Å²) < 4.78 is 14.3. The van der Waals surface area contributed by atoms with Crippen LogP contribution >= 0.6 is 37.9 Å². The van der Waals surface area contributed by atoms with Crippen LogP contribution < -0.4 is 0 Å². The van der Waals surface area contributed by atoms with Crippen LogP contribution in [0.4, 0.5) is 0 Å². The van der Waals surface area contributed by atoms with Crippen molar-refractivity contribution in [3.8, 4) is 0 Å². The minimum atomic E-state index is -0.738. The molecule has 0 fully saturated rings. The second-order valence-corrected chi connectivity index (χ2v) is 6.17. The molecule has 0 saturated heterocycles. The van der Waals surface area contributed by atoms with Crippen molar-refractivity contribution in [2.45, 2.75) is 36.5 Å². The summed E-state index contributed by atoms with van der Waals surface area (Å²) in [6.45, 7) is 3.97. The topological polar surface area (TPSA) is 78.9 Å². The summed E-state index contributed by atoms with van der Waals surface area (Å²) in [6, 6.07) is 0. The first kappa shape index (κ1) is 19.5. The third-order valence-electron chi connectivity index (χ3n) is 1.78. The maximum Gasteiger partial charge on any atom is 0.373 e. The highest BCUT2D eigenvalue weighted by Gasteiger charge is 2.27. The molecule has 3 unspecified atom stereocenters. The first-order chi connectivity index (χ1) is 9.15. The van der Waals surface area contributed by atoms with Crippen molar-refractivity contribution < 1.29 is 28.6 Å². The lowest BCUT2D eigenvalue weighted by Gasteiger charge is -2.18. The summed E-state index contributed by atoms with van der Waals surface area (Å²) in [7, 11) is 0. The van der Waals surface area contributed by atoms with Gasteiger partial charge in [0.2, 0.25) is 0 Å². The molecule has 0 heterocycles. The zero-order chi connectivity index (χ0) is 15.9. The van der Waals surface area contributed by atoms with Gasteiger partial charge in [0.05, 0.1) is 15.7 Å². The van der Waals surface area contributed by atoms with Crippen LogP contribution in [0.3, 0.4) is 0 Å². The molecule has 0 spiro atoms. The van der Waals surface area contributed by atoms with E-state index in [1.807, 2.05) is 0 Å². The smallest absolute Gasteiger partial charge is 0.373 e. The molecule has 0 amide bonds. The highest BCUT2D eigenvalue weighted by molar-refractivity contribution is 7.82. The molecule has 1 radical (unpaired) electrons. The van der Waals surface area contributed by atoms with E-state index in [2.05, 4.69) is 37.9 Å². The maximum absolute atomic E-state index is 11.4. The number of carbonyl (C=O) groups excluding carboxylic acids is 3. The Hall–Kier alpha value is -0.540. The van der Waals surface area contributed by atoms with Crippen molar-refractivity contribution in [1.29, 1.82) is 0 Å². The molecule has 0 aliphatic heterocycles. The Morgan fingerprint density at radius 3 is 1.45 bits per heavy atom. The van der Waals surface area contributed by atoms with E-state index >= 15 is 0 Å². The van der Waals surface area contributed by atoms with Gasteiger partial charge in [-0.15, -0.1) is 0 Å². The van der Waals surface area contributed by atoms with Gasteiger partial charge >= 0.3 is 24.2 Å². The Morgan fingerprint density at radius 1 is 0.800 bits per heavy atom. The van der Waals surface area contributed by atoms with Crippen LogP contribution in [0.15, 0.2) is 0 Å². The van der Waals surface area contributed by atoms with Crippen molar-refractivity contribution in [3.63, 3.8) is 0 Å². The van der Waals surface area contributed by atoms with Gasteiger partial charge in [0.25, 0.3) is 0 Å². The van der Waals surface area contributed by atoms with Crippen molar-refractivity contribution in [2.24, 2.45) is 0 Å². The highest BCUT2D eigenvalue weighted by atomic mass is 32.1. The number of hydrogen-bond acceptors (Lipinski definition) is 9. The standard InChI is InChI=1S/C11H17O6S3/c1-5(18)9(12)15-4-8(16-10(13)6(2)19)17-11(14)7(3)20/h5-7,18-20H,4H2,1-3H3. The second kappa shape index (κ2) is 9.41. The highest BCUT2D eigenvalue weighted by Crippen LogP contribution is 2.13. The van der Waals surface area contributed by atoms with E-state index in [9.17, 15) is 14.4 Å². The molecule has 115 valence electrons. The summed E-state index contributed by atoms with van der Waals surface area (Å²) >= 11 is 11.6. The minimum Gasteiger partial charge on any atom is -0.456 e. The summed E-state index contributed by atoms with van der Waals surface area (Å²) in [4.78, 5) is 34.1. The molecule has 0 bridgehead atoms. The van der Waals surface area contributed by atoms with Gasteiger partial charge in [-0.1, -0.05) is 0 Å². The molecule has 0 aromatic heterocycles. The Kier molecular flexibility index (Phi) is 9.15. The molecule has 0 aromatic carbocycles. The van der Waals surface area contributed by atoms with E-state index in [0.717, 1.165) is 0 Å². The molecule has 0 saturated carbocycles. The Balaban J connectivity index is 4.58. The largest absolute Gasteiger partial charge is 0.456 e. The van der Waals surface area contributed by atoms with Crippen LogP contribution in [-0.4, -0.2) is 40.3 Å². The molecule has 3 atom stereocenters. The first-order valence-electron chi connectivity index (χ1n) is 5.65. The minimum absolute atomic E-state index is 0.441. The number of rotatable bonds is 7. The molecular weight excluding hydrogens is 324 g/mol. The number of thiol groups is 3. The van der Waals surface area contributed by atoms with Gasteiger partial charge in [-0.25, -0.2) is 0 Å². The molecule has 9 heteroatoms. The molecule has 0 aromatic rings. The number of esters is 3. The Labute approximate surface area is 134 Å². The predicted molar refractivity (Wildman–Crippen MR) is 81.7 cm³/mol. The average molecular weight is 341 g/mol. The molecule has 20 heavy (non-hydrogen) atoms. The normalized spacial score (nSPS) is 15.2. The fraction of sp³-hybridized carbons (Fsp3) is 0.636. The monoisotopic (exact) mass is 341 g/mol. The van der Waals surface area contributed by atoms with Crippen LogP contribution in [0.5, 0.6) is 0 Å². The van der Waals surface area contributed by atoms with Crippen molar-refractivity contribution in [3.05, 3.63) is 6.29 Å². The second-order valence-electron chi connectivity index (χ2n) is 3.85. The van der Waals surface area contributed by atoms with Gasteiger partial charge in [0.1, 0.15) is 0 Å². The van der Waals surface area contributed by atoms with Crippen LogP contribution in [0.1, 0.15) is 20.8 Å². The van der Waals surface area contributed by atoms with E-state index in [1.165, 1.54) is 20.8 Å². The quantitative estimate of drug-likeness (QED) is 0.475. The van der Waals surface area contributed by atoms with E-state index < -0.39 is 46.6 Å². The Morgan fingerprint density at radius 2 is 1.15 bits per heavy atom. The molecule has 6 nitrogen and oxygen atoms in total. The molecule has 0 N–H and O–H groups in total. The molecular formula is C11H17O6S3. The van der Waals surface area contributed by atoms with E-state index in [-0.39, 0.29) is 0 Å². The molecule has 0 aliphatic carbocycles. The SMILES string of the molecule is CC(S)C(=O)OC[C](OC(=O)C(C)S)OC(=O)C(C)S. The number of carbonyl (C=O) groups is 3. The van der Waals surface area contributed by atoms with Crippen molar-refractivity contribution >= 4 is 55.8 Å². The fourth-order valence-electron chi connectivity index (χ4n) is 0.725. The van der Waals surface area contributed by atoms with E-state index in [0.29, 0.717) is 0 Å². The average Bonchev–Trinajstić information content (AvgIpc) is 2.34. The van der Waals surface area contributed by atoms with E-state index in [4.69, 9.17) is 14.2 Å². The third-order valence-corrected chi connectivity index (χ3v) is 2.42. The summed E-state index contributed by atoms with van der Waals surface area (Å²) in [5.41, 5.74) is 0. The van der Waals surface area contributed by atoms with Gasteiger partial charge < -0.3 is 14.2 Å². The van der Waals surface area contributed by atoms with Crippen LogP contribution in [-0.2, 0) is 28.6 Å². The van der Waals surface area contributed by atoms with Crippen LogP contribution in [0, 0.1) is 6.29 Å². The van der Waals surface area contributed by atoms with Gasteiger partial charge in [-0.2, -0.15) is 37.9 Å². The summed E-state index contributed by atoms with van der Waals surface area (Å²) in [6.07, 6.45) is -0.441.